The first-order valence-corrected chi connectivity index (χ1v) is 16.0. The van der Waals surface area contributed by atoms with Gasteiger partial charge >= 0.3 is 0 Å². The fourth-order valence-corrected chi connectivity index (χ4v) is 10.8. The van der Waals surface area contributed by atoms with Crippen molar-refractivity contribution < 1.29 is 4.79 Å². The molecule has 0 aliphatic heterocycles. The highest BCUT2D eigenvalue weighted by atomic mass is 32.1. The number of hydrogen-bond donors (Lipinski definition) is 2. The van der Waals surface area contributed by atoms with Crippen LogP contribution in [0.15, 0.2) is 152 Å². The summed E-state index contributed by atoms with van der Waals surface area (Å²) in [5.74, 6) is -0.637. The number of hydrogen-bond acceptors (Lipinski definition) is 5. The number of carbonyl (C=O) groups is 1. The average Bonchev–Trinajstić information content (AvgIpc) is 3.51. The van der Waals surface area contributed by atoms with Crippen LogP contribution in [0.5, 0.6) is 0 Å². The van der Waals surface area contributed by atoms with Crippen LogP contribution in [-0.2, 0) is 0 Å². The Morgan fingerprint density at radius 2 is 1.02 bits per heavy atom. The molecule has 0 unspecified atom stereocenters. The number of anilines is 2. The molecule has 41 heavy (non-hydrogen) atoms. The van der Waals surface area contributed by atoms with Gasteiger partial charge in [-0.05, 0) is 60.7 Å². The Kier molecular flexibility index (Phi) is 7.94. The number of carbonyl (C=O) groups excluding carboxylic acids is 1. The van der Waals surface area contributed by atoms with Gasteiger partial charge in [0, 0.05) is 11.3 Å². The molecule has 5 nitrogen and oxygen atoms in total. The average molecular weight is 572 g/mol. The number of nitrogens with zero attached hydrogens (tertiary/aromatic N) is 2. The van der Waals surface area contributed by atoms with E-state index in [0.717, 1.165) is 26.6 Å². The van der Waals surface area contributed by atoms with E-state index in [1.165, 1.54) is 11.3 Å². The van der Waals surface area contributed by atoms with Crippen LogP contribution in [0.4, 0.5) is 10.8 Å². The van der Waals surface area contributed by atoms with Crippen molar-refractivity contribution in [1.29, 1.82) is 0 Å². The minimum atomic E-state index is -2.58. The topological polar surface area (TPSA) is 66.9 Å². The van der Waals surface area contributed by atoms with E-state index in [1.54, 1.807) is 0 Å². The second-order valence-corrected chi connectivity index (χ2v) is 13.9. The second kappa shape index (κ2) is 12.3. The Morgan fingerprint density at radius 3 is 1.51 bits per heavy atom. The van der Waals surface area contributed by atoms with Crippen LogP contribution in [0.25, 0.3) is 0 Å². The fraction of sp³-hybridized carbons (Fsp3) is 0.0294. The highest BCUT2D eigenvalue weighted by Gasteiger charge is 2.55. The third kappa shape index (κ3) is 5.53. The molecule has 1 amide bonds. The Bertz CT molecular complexity index is 1600. The zero-order valence-corrected chi connectivity index (χ0v) is 23.9. The summed E-state index contributed by atoms with van der Waals surface area (Å²) in [4.78, 5) is 13.9. The Balaban J connectivity index is 1.58. The number of para-hydroxylation sites is 1. The first-order chi connectivity index (χ1) is 20.2. The zero-order chi connectivity index (χ0) is 27.9. The SMILES string of the molecule is O=C(N[C@H](c1nnc(Nc2ccccc2)s1)[P+](c1ccccc1)(c1ccccc1)c1ccccc1)c1ccccc1. The summed E-state index contributed by atoms with van der Waals surface area (Å²) < 4.78 is 0. The molecular formula is C34H28N4OPS+. The first kappa shape index (κ1) is 26.6. The van der Waals surface area contributed by atoms with Gasteiger partial charge in [-0.2, -0.15) is 0 Å². The Morgan fingerprint density at radius 1 is 0.585 bits per heavy atom. The predicted octanol–water partition coefficient (Wildman–Crippen LogP) is 6.70. The number of benzene rings is 5. The van der Waals surface area contributed by atoms with Crippen molar-refractivity contribution in [2.45, 2.75) is 5.78 Å². The van der Waals surface area contributed by atoms with E-state index < -0.39 is 13.0 Å². The highest BCUT2D eigenvalue weighted by molar-refractivity contribution is 7.96. The molecule has 1 aromatic heterocycles. The quantitative estimate of drug-likeness (QED) is 0.190. The first-order valence-electron chi connectivity index (χ1n) is 13.3. The van der Waals surface area contributed by atoms with Gasteiger partial charge in [-0.3, -0.25) is 4.79 Å². The molecule has 0 spiro atoms. The number of rotatable bonds is 9. The Labute approximate surface area is 244 Å². The molecule has 6 rings (SSSR count). The van der Waals surface area contributed by atoms with Crippen molar-refractivity contribution in [2.75, 3.05) is 5.32 Å². The van der Waals surface area contributed by atoms with E-state index in [-0.39, 0.29) is 5.91 Å². The molecule has 0 radical (unpaired) electrons. The van der Waals surface area contributed by atoms with Crippen molar-refractivity contribution in [3.63, 3.8) is 0 Å². The Hall–Kier alpha value is -4.64. The standard InChI is InChI=1S/C34H27N4OPS/c39-31(26-16-6-1-7-17-26)36-32(33-37-38-34(41-33)35-27-18-8-2-9-19-27)40(28-20-10-3-11-21-28,29-22-12-4-13-23-29)30-24-14-5-15-25-30/h1-25,32H,(H-,35,36,38,39)/p+1/t32-/m0/s1. The van der Waals surface area contributed by atoms with E-state index in [9.17, 15) is 4.79 Å². The van der Waals surface area contributed by atoms with Crippen LogP contribution in [0, 0.1) is 0 Å². The fourth-order valence-electron chi connectivity index (χ4n) is 5.05. The number of aromatic nitrogens is 2. The molecule has 0 bridgehead atoms. The maximum atomic E-state index is 13.9. The van der Waals surface area contributed by atoms with Gasteiger partial charge in [-0.15, -0.1) is 10.2 Å². The summed E-state index contributed by atoms with van der Waals surface area (Å²) in [7, 11) is -2.58. The summed E-state index contributed by atoms with van der Waals surface area (Å²) in [6, 6.07) is 50.7. The van der Waals surface area contributed by atoms with Crippen LogP contribution in [-0.4, -0.2) is 16.1 Å². The van der Waals surface area contributed by atoms with Gasteiger partial charge in [0.1, 0.15) is 23.2 Å². The molecule has 2 N–H and O–H groups in total. The summed E-state index contributed by atoms with van der Waals surface area (Å²) in [5.41, 5.74) is 1.52. The van der Waals surface area contributed by atoms with Crippen molar-refractivity contribution in [3.8, 4) is 0 Å². The number of amides is 1. The molecule has 0 saturated carbocycles. The van der Waals surface area contributed by atoms with Crippen LogP contribution in [0.3, 0.4) is 0 Å². The molecule has 0 saturated heterocycles. The van der Waals surface area contributed by atoms with Crippen molar-refractivity contribution in [1.82, 2.24) is 15.5 Å². The lowest BCUT2D eigenvalue weighted by Gasteiger charge is -2.33. The zero-order valence-electron chi connectivity index (χ0n) is 22.2. The molecule has 1 heterocycles. The maximum Gasteiger partial charge on any atom is 0.254 e. The van der Waals surface area contributed by atoms with Crippen LogP contribution < -0.4 is 26.5 Å². The molecule has 0 aliphatic rings. The smallest absolute Gasteiger partial charge is 0.254 e. The van der Waals surface area contributed by atoms with Gasteiger partial charge < -0.3 is 10.6 Å². The van der Waals surface area contributed by atoms with Gasteiger partial charge in [0.25, 0.3) is 5.91 Å². The molecule has 1 atom stereocenters. The van der Waals surface area contributed by atoms with Gasteiger partial charge in [0.05, 0.1) is 0 Å². The van der Waals surface area contributed by atoms with E-state index in [1.807, 2.05) is 78.9 Å². The highest BCUT2D eigenvalue weighted by Crippen LogP contribution is 2.66. The van der Waals surface area contributed by atoms with Crippen LogP contribution >= 0.6 is 18.6 Å². The summed E-state index contributed by atoms with van der Waals surface area (Å²) in [6.07, 6.45) is 0. The van der Waals surface area contributed by atoms with Crippen LogP contribution in [0.2, 0.25) is 0 Å². The maximum absolute atomic E-state index is 13.9. The lowest BCUT2D eigenvalue weighted by molar-refractivity contribution is 0.0948. The van der Waals surface area contributed by atoms with Gasteiger partial charge in [0.15, 0.2) is 5.01 Å². The van der Waals surface area contributed by atoms with Crippen LogP contribution in [0.1, 0.15) is 21.1 Å². The lowest BCUT2D eigenvalue weighted by atomic mass is 10.2. The summed E-state index contributed by atoms with van der Waals surface area (Å²) in [5, 5.41) is 20.9. The minimum Gasteiger partial charge on any atom is -0.330 e. The molecule has 7 heteroatoms. The molecule has 0 fully saturated rings. The van der Waals surface area contributed by atoms with Crippen molar-refractivity contribution >= 4 is 51.2 Å². The molecular weight excluding hydrogens is 543 g/mol. The molecule has 6 aromatic rings. The van der Waals surface area contributed by atoms with E-state index in [2.05, 4.69) is 88.5 Å². The van der Waals surface area contributed by atoms with Gasteiger partial charge in [-0.25, -0.2) is 0 Å². The predicted molar refractivity (Wildman–Crippen MR) is 171 cm³/mol. The summed E-state index contributed by atoms with van der Waals surface area (Å²) >= 11 is 1.46. The summed E-state index contributed by atoms with van der Waals surface area (Å²) in [6.45, 7) is 0. The largest absolute Gasteiger partial charge is 0.330 e. The molecule has 200 valence electrons. The third-order valence-corrected chi connectivity index (χ3v) is 12.4. The van der Waals surface area contributed by atoms with Crippen molar-refractivity contribution in [3.05, 3.63) is 162 Å². The molecule has 5 aromatic carbocycles. The second-order valence-electron chi connectivity index (χ2n) is 9.41. The van der Waals surface area contributed by atoms with Crippen molar-refractivity contribution in [2.24, 2.45) is 0 Å². The van der Waals surface area contributed by atoms with E-state index >= 15 is 0 Å². The third-order valence-electron chi connectivity index (χ3n) is 6.88. The lowest BCUT2D eigenvalue weighted by Crippen LogP contribution is -2.42. The normalized spacial score (nSPS) is 11.9. The van der Waals surface area contributed by atoms with Gasteiger partial charge in [0.2, 0.25) is 10.9 Å². The van der Waals surface area contributed by atoms with E-state index in [0.29, 0.717) is 10.7 Å². The number of nitrogens with one attached hydrogen (secondary N) is 2. The minimum absolute atomic E-state index is 0.157. The monoisotopic (exact) mass is 571 g/mol. The van der Waals surface area contributed by atoms with Gasteiger partial charge in [-0.1, -0.05) is 102 Å². The van der Waals surface area contributed by atoms with E-state index in [4.69, 9.17) is 5.10 Å². The molecule has 0 aliphatic carbocycles.